The summed E-state index contributed by atoms with van der Waals surface area (Å²) in [6.45, 7) is 1.99. The van der Waals surface area contributed by atoms with Crippen LogP contribution in [0.25, 0.3) is 0 Å². The number of para-hydroxylation sites is 1. The maximum atomic E-state index is 13.7. The van der Waals surface area contributed by atoms with Crippen molar-refractivity contribution in [1.82, 2.24) is 5.32 Å². The summed E-state index contributed by atoms with van der Waals surface area (Å²) >= 11 is 4.03. The molecule has 1 heterocycles. The first-order valence-electron chi connectivity index (χ1n) is 10.3. The van der Waals surface area contributed by atoms with Crippen LogP contribution in [-0.2, 0) is 19.5 Å². The number of nitrogens with zero attached hydrogens (tertiary/aromatic N) is 1. The Labute approximate surface area is 187 Å². The summed E-state index contributed by atoms with van der Waals surface area (Å²) in [5, 5.41) is 2.87. The number of anilines is 1. The van der Waals surface area contributed by atoms with Gasteiger partial charge in [0.05, 0.1) is 7.11 Å². The zero-order chi connectivity index (χ0) is 21.8. The fourth-order valence-electron chi connectivity index (χ4n) is 3.96. The molecule has 0 radical (unpaired) electrons. The van der Waals surface area contributed by atoms with Gasteiger partial charge in [-0.05, 0) is 60.4 Å². The summed E-state index contributed by atoms with van der Waals surface area (Å²) in [7, 11) is 1.69. The maximum absolute atomic E-state index is 13.7. The molecule has 1 amide bonds. The minimum absolute atomic E-state index is 0.167. The van der Waals surface area contributed by atoms with E-state index in [0.29, 0.717) is 16.0 Å². The highest BCUT2D eigenvalue weighted by atomic mass is 32.1. The Bertz CT molecular complexity index is 1100. The molecule has 1 aliphatic heterocycles. The van der Waals surface area contributed by atoms with Crippen LogP contribution < -0.4 is 15.0 Å². The van der Waals surface area contributed by atoms with Gasteiger partial charge in [0, 0.05) is 41.3 Å². The van der Waals surface area contributed by atoms with Crippen LogP contribution in [0.1, 0.15) is 33.5 Å². The third-order valence-corrected chi connectivity index (χ3v) is 5.94. The quantitative estimate of drug-likeness (QED) is 0.534. The van der Waals surface area contributed by atoms with Crippen molar-refractivity contribution in [2.45, 2.75) is 30.8 Å². The molecular weight excluding hydrogens is 411 g/mol. The summed E-state index contributed by atoms with van der Waals surface area (Å²) in [5.74, 6) is 0.326. The second-order valence-corrected chi connectivity index (χ2v) is 8.13. The van der Waals surface area contributed by atoms with Crippen LogP contribution in [0.4, 0.5) is 10.1 Å². The third kappa shape index (κ3) is 4.85. The van der Waals surface area contributed by atoms with Gasteiger partial charge in [0.2, 0.25) is 0 Å². The first-order valence-corrected chi connectivity index (χ1v) is 10.7. The van der Waals surface area contributed by atoms with Crippen LogP contribution in [0.2, 0.25) is 0 Å². The highest BCUT2D eigenvalue weighted by Gasteiger charge is 2.20. The van der Waals surface area contributed by atoms with E-state index in [0.717, 1.165) is 42.9 Å². The van der Waals surface area contributed by atoms with Gasteiger partial charge in [-0.2, -0.15) is 0 Å². The summed E-state index contributed by atoms with van der Waals surface area (Å²) in [6, 6.07) is 18.6. The molecule has 0 bridgehead atoms. The average molecular weight is 437 g/mol. The molecule has 0 spiro atoms. The largest absolute Gasteiger partial charge is 0.496 e. The number of halogens is 1. The first kappa shape index (κ1) is 21.2. The van der Waals surface area contributed by atoms with E-state index in [1.165, 1.54) is 11.6 Å². The van der Waals surface area contributed by atoms with Gasteiger partial charge < -0.3 is 15.0 Å². The summed E-state index contributed by atoms with van der Waals surface area (Å²) in [5.41, 5.74) is 4.77. The van der Waals surface area contributed by atoms with Crippen LogP contribution in [0, 0.1) is 5.82 Å². The van der Waals surface area contributed by atoms with Gasteiger partial charge in [-0.1, -0.05) is 24.3 Å². The SMILES string of the molecule is COc1ccccc1CN1CCCc2cc(C(=O)NCc3ccc(S)c(F)c3)ccc21. The van der Waals surface area contributed by atoms with E-state index in [2.05, 4.69) is 28.9 Å². The number of amides is 1. The number of aryl methyl sites for hydroxylation is 1. The van der Waals surface area contributed by atoms with E-state index in [1.54, 1.807) is 19.2 Å². The molecule has 0 saturated heterocycles. The molecule has 0 aromatic heterocycles. The minimum Gasteiger partial charge on any atom is -0.496 e. The molecule has 0 saturated carbocycles. The summed E-state index contributed by atoms with van der Waals surface area (Å²) < 4.78 is 19.1. The highest BCUT2D eigenvalue weighted by molar-refractivity contribution is 7.80. The molecule has 3 aromatic carbocycles. The first-order chi connectivity index (χ1) is 15.0. The number of hydrogen-bond donors (Lipinski definition) is 2. The van der Waals surface area contributed by atoms with Gasteiger partial charge >= 0.3 is 0 Å². The minimum atomic E-state index is -0.390. The normalized spacial score (nSPS) is 12.9. The van der Waals surface area contributed by atoms with Crippen molar-refractivity contribution in [3.8, 4) is 5.75 Å². The van der Waals surface area contributed by atoms with Crippen molar-refractivity contribution in [3.05, 3.63) is 88.7 Å². The van der Waals surface area contributed by atoms with Gasteiger partial charge in [0.25, 0.3) is 5.91 Å². The standard InChI is InChI=1S/C25H25FN2O2S/c1-30-23-7-3-2-5-20(23)16-28-12-4-6-18-14-19(9-10-22(18)28)25(29)27-15-17-8-11-24(31)21(26)13-17/h2-3,5,7-11,13-14,31H,4,6,12,15-16H2,1H3,(H,27,29). The van der Waals surface area contributed by atoms with E-state index in [4.69, 9.17) is 4.74 Å². The second-order valence-electron chi connectivity index (χ2n) is 7.65. The Morgan fingerprint density at radius 1 is 1.16 bits per heavy atom. The highest BCUT2D eigenvalue weighted by Crippen LogP contribution is 2.31. The van der Waals surface area contributed by atoms with Gasteiger partial charge in [-0.25, -0.2) is 4.39 Å². The van der Waals surface area contributed by atoms with Crippen molar-refractivity contribution in [1.29, 1.82) is 0 Å². The van der Waals surface area contributed by atoms with Crippen molar-refractivity contribution in [2.75, 3.05) is 18.6 Å². The molecule has 0 fully saturated rings. The number of carbonyl (C=O) groups excluding carboxylic acids is 1. The molecule has 6 heteroatoms. The van der Waals surface area contributed by atoms with Crippen molar-refractivity contribution in [3.63, 3.8) is 0 Å². The van der Waals surface area contributed by atoms with E-state index in [1.807, 2.05) is 36.4 Å². The predicted octanol–water partition coefficient (Wildman–Crippen LogP) is 5.01. The zero-order valence-corrected chi connectivity index (χ0v) is 18.3. The predicted molar refractivity (Wildman–Crippen MR) is 124 cm³/mol. The number of nitrogens with one attached hydrogen (secondary N) is 1. The Morgan fingerprint density at radius 3 is 2.81 bits per heavy atom. The van der Waals surface area contributed by atoms with Crippen LogP contribution in [0.5, 0.6) is 5.75 Å². The monoisotopic (exact) mass is 436 g/mol. The zero-order valence-electron chi connectivity index (χ0n) is 17.4. The number of methoxy groups -OCH3 is 1. The van der Waals surface area contributed by atoms with Crippen molar-refractivity contribution < 1.29 is 13.9 Å². The molecule has 3 aromatic rings. The Balaban J connectivity index is 1.47. The molecule has 31 heavy (non-hydrogen) atoms. The number of carbonyl (C=O) groups is 1. The topological polar surface area (TPSA) is 41.6 Å². The lowest BCUT2D eigenvalue weighted by molar-refractivity contribution is 0.0950. The van der Waals surface area contributed by atoms with E-state index in [-0.39, 0.29) is 18.3 Å². The lowest BCUT2D eigenvalue weighted by Gasteiger charge is -2.32. The number of rotatable bonds is 6. The van der Waals surface area contributed by atoms with Gasteiger partial charge in [-0.3, -0.25) is 4.79 Å². The van der Waals surface area contributed by atoms with E-state index in [9.17, 15) is 9.18 Å². The Morgan fingerprint density at radius 2 is 2.00 bits per heavy atom. The molecule has 0 atom stereocenters. The van der Waals surface area contributed by atoms with Crippen molar-refractivity contribution >= 4 is 24.2 Å². The smallest absolute Gasteiger partial charge is 0.251 e. The van der Waals surface area contributed by atoms with Crippen LogP contribution >= 0.6 is 12.6 Å². The molecule has 4 rings (SSSR count). The summed E-state index contributed by atoms with van der Waals surface area (Å²) in [6.07, 6.45) is 1.97. The Kier molecular flexibility index (Phi) is 6.47. The lowest BCUT2D eigenvalue weighted by Crippen LogP contribution is -2.29. The average Bonchev–Trinajstić information content (AvgIpc) is 2.80. The van der Waals surface area contributed by atoms with Crippen LogP contribution in [0.15, 0.2) is 65.6 Å². The third-order valence-electron chi connectivity index (χ3n) is 5.58. The molecule has 4 nitrogen and oxygen atoms in total. The molecule has 0 unspecified atom stereocenters. The molecule has 1 N–H and O–H groups in total. The number of fused-ring (bicyclic) bond motifs is 1. The van der Waals surface area contributed by atoms with E-state index < -0.39 is 0 Å². The number of hydrogen-bond acceptors (Lipinski definition) is 4. The molecule has 1 aliphatic rings. The molecule has 160 valence electrons. The molecule has 0 aliphatic carbocycles. The fourth-order valence-corrected chi connectivity index (χ4v) is 4.10. The second kappa shape index (κ2) is 9.43. The van der Waals surface area contributed by atoms with Gasteiger partial charge in [0.1, 0.15) is 11.6 Å². The fraction of sp³-hybridized carbons (Fsp3) is 0.240. The number of ether oxygens (including phenoxy) is 1. The van der Waals surface area contributed by atoms with Crippen LogP contribution in [0.3, 0.4) is 0 Å². The van der Waals surface area contributed by atoms with Gasteiger partial charge in [-0.15, -0.1) is 12.6 Å². The maximum Gasteiger partial charge on any atom is 0.251 e. The van der Waals surface area contributed by atoms with Crippen molar-refractivity contribution in [2.24, 2.45) is 0 Å². The lowest BCUT2D eigenvalue weighted by atomic mass is 9.98. The number of thiol groups is 1. The van der Waals surface area contributed by atoms with E-state index >= 15 is 0 Å². The Hall–Kier alpha value is -2.99. The summed E-state index contributed by atoms with van der Waals surface area (Å²) in [4.78, 5) is 15.3. The molecular formula is C25H25FN2O2S. The van der Waals surface area contributed by atoms with Gasteiger partial charge in [0.15, 0.2) is 0 Å². The number of benzene rings is 3. The van der Waals surface area contributed by atoms with Crippen LogP contribution in [-0.4, -0.2) is 19.6 Å².